The predicted octanol–water partition coefficient (Wildman–Crippen LogP) is 4.27. The fourth-order valence-corrected chi connectivity index (χ4v) is 2.34. The first-order valence-corrected chi connectivity index (χ1v) is 7.71. The maximum absolute atomic E-state index is 9.00. The zero-order chi connectivity index (χ0) is 15.3. The lowest BCUT2D eigenvalue weighted by Crippen LogP contribution is -2.23. The Kier molecular flexibility index (Phi) is 15.1. The zero-order valence-corrected chi connectivity index (χ0v) is 13.9. The predicted molar refractivity (Wildman–Crippen MR) is 83.6 cm³/mol. The Morgan fingerprint density at radius 1 is 1.11 bits per heavy atom. The molecule has 2 atom stereocenters. The third-order valence-corrected chi connectivity index (χ3v) is 3.41. The summed E-state index contributed by atoms with van der Waals surface area (Å²) in [7, 11) is 4.38. The van der Waals surface area contributed by atoms with E-state index in [2.05, 4.69) is 39.8 Å². The third-order valence-electron chi connectivity index (χ3n) is 3.41. The van der Waals surface area contributed by atoms with E-state index < -0.39 is 5.97 Å². The van der Waals surface area contributed by atoms with Crippen molar-refractivity contribution in [3.8, 4) is 0 Å². The normalized spacial score (nSPS) is 13.6. The minimum absolute atomic E-state index is 0.833. The molecule has 0 aliphatic rings. The van der Waals surface area contributed by atoms with Crippen LogP contribution in [0, 0.1) is 11.8 Å². The fourth-order valence-electron chi connectivity index (χ4n) is 2.34. The van der Waals surface area contributed by atoms with Crippen molar-refractivity contribution in [1.29, 1.82) is 0 Å². The molecule has 0 aromatic heterocycles. The van der Waals surface area contributed by atoms with Crippen LogP contribution in [-0.2, 0) is 4.79 Å². The highest BCUT2D eigenvalue weighted by atomic mass is 16.4. The Balaban J connectivity index is 0. The number of carbonyl (C=O) groups is 1. The van der Waals surface area contributed by atoms with E-state index in [0.717, 1.165) is 18.8 Å². The summed E-state index contributed by atoms with van der Waals surface area (Å²) in [5.74, 6) is 1.04. The molecule has 0 amide bonds. The second kappa shape index (κ2) is 13.9. The molecule has 0 saturated heterocycles. The highest BCUT2D eigenvalue weighted by molar-refractivity contribution is 5.62. The molecule has 0 saturated carbocycles. The van der Waals surface area contributed by atoms with Gasteiger partial charge in [-0.15, -0.1) is 0 Å². The van der Waals surface area contributed by atoms with Crippen LogP contribution in [0.15, 0.2) is 0 Å². The monoisotopic (exact) mass is 273 g/mol. The van der Waals surface area contributed by atoms with Gasteiger partial charge in [-0.2, -0.15) is 0 Å². The molecule has 116 valence electrons. The van der Waals surface area contributed by atoms with Gasteiger partial charge in [0.05, 0.1) is 0 Å². The molecule has 0 aliphatic carbocycles. The number of hydrogen-bond donors (Lipinski definition) is 1. The van der Waals surface area contributed by atoms with Crippen molar-refractivity contribution in [3.05, 3.63) is 0 Å². The minimum Gasteiger partial charge on any atom is -0.481 e. The summed E-state index contributed by atoms with van der Waals surface area (Å²) in [6, 6.07) is 0. The second-order valence-electron chi connectivity index (χ2n) is 5.71. The number of carboxylic acid groups (broad SMARTS) is 1. The van der Waals surface area contributed by atoms with Crippen LogP contribution in [0.2, 0.25) is 0 Å². The molecule has 0 radical (unpaired) electrons. The second-order valence-corrected chi connectivity index (χ2v) is 5.71. The Hall–Kier alpha value is -0.570. The van der Waals surface area contributed by atoms with E-state index in [9.17, 15) is 0 Å². The van der Waals surface area contributed by atoms with E-state index in [1.807, 2.05) is 0 Å². The van der Waals surface area contributed by atoms with Crippen molar-refractivity contribution in [3.63, 3.8) is 0 Å². The Labute approximate surface area is 120 Å². The minimum atomic E-state index is -0.833. The van der Waals surface area contributed by atoms with Crippen LogP contribution in [0.25, 0.3) is 0 Å². The van der Waals surface area contributed by atoms with E-state index in [0.29, 0.717) is 0 Å². The average molecular weight is 273 g/mol. The molecule has 0 aliphatic heterocycles. The van der Waals surface area contributed by atoms with E-state index in [1.165, 1.54) is 45.1 Å². The molecule has 3 heteroatoms. The smallest absolute Gasteiger partial charge is 0.300 e. The van der Waals surface area contributed by atoms with Gasteiger partial charge in [-0.3, -0.25) is 4.79 Å². The maximum atomic E-state index is 9.00. The van der Waals surface area contributed by atoms with E-state index >= 15 is 0 Å². The van der Waals surface area contributed by atoms with Gasteiger partial charge in [0.1, 0.15) is 0 Å². The Morgan fingerprint density at radius 3 is 1.89 bits per heavy atom. The molecule has 3 nitrogen and oxygen atoms in total. The van der Waals surface area contributed by atoms with Gasteiger partial charge in [0.25, 0.3) is 5.97 Å². The molecule has 19 heavy (non-hydrogen) atoms. The average Bonchev–Trinajstić information content (AvgIpc) is 2.31. The van der Waals surface area contributed by atoms with Crippen LogP contribution in [0.5, 0.6) is 0 Å². The van der Waals surface area contributed by atoms with Crippen LogP contribution >= 0.6 is 0 Å². The SMILES string of the molecule is CC(=O)O.CCCCC(CC)CC(CC)CN(C)C. The summed E-state index contributed by atoms with van der Waals surface area (Å²) < 4.78 is 0. The molecule has 0 rings (SSSR count). The van der Waals surface area contributed by atoms with Gasteiger partial charge in [-0.25, -0.2) is 0 Å². The zero-order valence-electron chi connectivity index (χ0n) is 13.9. The molecular weight excluding hydrogens is 238 g/mol. The van der Waals surface area contributed by atoms with Gasteiger partial charge in [-0.1, -0.05) is 52.9 Å². The Morgan fingerprint density at radius 2 is 1.58 bits per heavy atom. The lowest BCUT2D eigenvalue weighted by molar-refractivity contribution is -0.134. The van der Waals surface area contributed by atoms with Crippen LogP contribution in [-0.4, -0.2) is 36.6 Å². The van der Waals surface area contributed by atoms with Crippen molar-refractivity contribution in [2.45, 2.75) is 66.2 Å². The topological polar surface area (TPSA) is 40.5 Å². The molecule has 1 N–H and O–H groups in total. The first-order chi connectivity index (χ1) is 8.87. The van der Waals surface area contributed by atoms with Gasteiger partial charge < -0.3 is 10.0 Å². The van der Waals surface area contributed by atoms with Gasteiger partial charge in [0.15, 0.2) is 0 Å². The van der Waals surface area contributed by atoms with Gasteiger partial charge in [-0.05, 0) is 32.4 Å². The molecule has 0 fully saturated rings. The summed E-state index contributed by atoms with van der Waals surface area (Å²) in [5, 5.41) is 7.42. The number of rotatable bonds is 9. The van der Waals surface area contributed by atoms with E-state index in [1.54, 1.807) is 0 Å². The van der Waals surface area contributed by atoms with Crippen molar-refractivity contribution in [2.24, 2.45) is 11.8 Å². The highest BCUT2D eigenvalue weighted by Crippen LogP contribution is 2.23. The first-order valence-electron chi connectivity index (χ1n) is 7.71. The van der Waals surface area contributed by atoms with Crippen molar-refractivity contribution >= 4 is 5.97 Å². The number of unbranched alkanes of at least 4 members (excludes halogenated alkanes) is 1. The highest BCUT2D eigenvalue weighted by Gasteiger charge is 2.14. The van der Waals surface area contributed by atoms with Crippen LogP contribution in [0.3, 0.4) is 0 Å². The van der Waals surface area contributed by atoms with Crippen LogP contribution < -0.4 is 0 Å². The summed E-state index contributed by atoms with van der Waals surface area (Å²) in [5.41, 5.74) is 0. The summed E-state index contributed by atoms with van der Waals surface area (Å²) in [6.07, 6.45) is 8.34. The molecule has 2 unspecified atom stereocenters. The lowest BCUT2D eigenvalue weighted by Gasteiger charge is -2.24. The molecule has 0 bridgehead atoms. The number of aliphatic carboxylic acids is 1. The van der Waals surface area contributed by atoms with Crippen molar-refractivity contribution in [1.82, 2.24) is 4.90 Å². The molecule has 0 aromatic carbocycles. The summed E-state index contributed by atoms with van der Waals surface area (Å²) in [6.45, 7) is 9.33. The van der Waals surface area contributed by atoms with E-state index in [-0.39, 0.29) is 0 Å². The summed E-state index contributed by atoms with van der Waals surface area (Å²) >= 11 is 0. The number of hydrogen-bond acceptors (Lipinski definition) is 2. The molecule has 0 heterocycles. The van der Waals surface area contributed by atoms with Crippen LogP contribution in [0.4, 0.5) is 0 Å². The Bertz CT molecular complexity index is 201. The van der Waals surface area contributed by atoms with Gasteiger partial charge >= 0.3 is 0 Å². The third kappa shape index (κ3) is 17.4. The first kappa shape index (κ1) is 20.7. The largest absolute Gasteiger partial charge is 0.481 e. The van der Waals surface area contributed by atoms with Gasteiger partial charge in [0.2, 0.25) is 0 Å². The molecular formula is C16H35NO2. The summed E-state index contributed by atoms with van der Waals surface area (Å²) in [4.78, 5) is 11.3. The molecule has 0 aromatic rings. The fraction of sp³-hybridized carbons (Fsp3) is 0.938. The van der Waals surface area contributed by atoms with Gasteiger partial charge in [0, 0.05) is 13.5 Å². The quantitative estimate of drug-likeness (QED) is 0.682. The van der Waals surface area contributed by atoms with Crippen molar-refractivity contribution in [2.75, 3.05) is 20.6 Å². The lowest BCUT2D eigenvalue weighted by atomic mass is 9.87. The molecule has 0 spiro atoms. The van der Waals surface area contributed by atoms with Crippen LogP contribution in [0.1, 0.15) is 66.2 Å². The standard InChI is InChI=1S/C14H31N.C2H4O2/c1-6-9-10-13(7-2)11-14(8-3)12-15(4)5;1-2(3)4/h13-14H,6-12H2,1-5H3;1H3,(H,3,4). The number of nitrogens with zero attached hydrogens (tertiary/aromatic N) is 1. The maximum Gasteiger partial charge on any atom is 0.300 e. The van der Waals surface area contributed by atoms with Crippen molar-refractivity contribution < 1.29 is 9.90 Å². The number of carboxylic acids is 1. The van der Waals surface area contributed by atoms with E-state index in [4.69, 9.17) is 9.90 Å².